The fourth-order valence-corrected chi connectivity index (χ4v) is 1.35. The summed E-state index contributed by atoms with van der Waals surface area (Å²) in [7, 11) is 0. The van der Waals surface area contributed by atoms with E-state index in [4.69, 9.17) is 26.8 Å². The Balaban J connectivity index is 0.000000631. The van der Waals surface area contributed by atoms with E-state index < -0.39 is 5.09 Å². The fraction of sp³-hybridized carbons (Fsp3) is 0.111. The predicted molar refractivity (Wildman–Crippen MR) is 71.4 cm³/mol. The molecule has 0 bridgehead atoms. The van der Waals surface area contributed by atoms with Gasteiger partial charge in [0.2, 0.25) is 5.96 Å². The molecular formula is C9H12BrN5O3. The van der Waals surface area contributed by atoms with Crippen molar-refractivity contribution in [3.63, 3.8) is 0 Å². The molecule has 0 aliphatic carbocycles. The minimum absolute atomic E-state index is 0.0422. The summed E-state index contributed by atoms with van der Waals surface area (Å²) < 4.78 is 0. The number of hydrogen-bond acceptors (Lipinski definition) is 4. The number of halogens is 1. The number of nitrogens with two attached hydrogens (primary N) is 2. The lowest BCUT2D eigenvalue weighted by atomic mass is 10.1. The first-order valence-electron chi connectivity index (χ1n) is 4.57. The summed E-state index contributed by atoms with van der Waals surface area (Å²) in [5.74, 6) is -0.0422. The van der Waals surface area contributed by atoms with Gasteiger partial charge >= 0.3 is 0 Å². The maximum absolute atomic E-state index is 8.36. The SMILES string of the molecule is NC(N)=N/N=C(\CBr)c1ccccc1.O=[N+]([O-])O. The van der Waals surface area contributed by atoms with E-state index >= 15 is 0 Å². The fourth-order valence-electron chi connectivity index (χ4n) is 0.910. The van der Waals surface area contributed by atoms with E-state index in [0.717, 1.165) is 11.3 Å². The van der Waals surface area contributed by atoms with Crippen LogP contribution in [0.4, 0.5) is 0 Å². The zero-order valence-electron chi connectivity index (χ0n) is 9.23. The first-order chi connectivity index (χ1) is 8.47. The average molecular weight is 318 g/mol. The van der Waals surface area contributed by atoms with Crippen molar-refractivity contribution in [1.29, 1.82) is 0 Å². The topological polar surface area (TPSA) is 140 Å². The molecule has 1 aromatic rings. The van der Waals surface area contributed by atoms with E-state index in [1.807, 2.05) is 30.3 Å². The summed E-state index contributed by atoms with van der Waals surface area (Å²) in [6.45, 7) is 0. The second-order valence-electron chi connectivity index (χ2n) is 2.81. The molecule has 0 atom stereocenters. The maximum atomic E-state index is 8.36. The van der Waals surface area contributed by atoms with Crippen molar-refractivity contribution in [2.75, 3.05) is 5.33 Å². The van der Waals surface area contributed by atoms with Crippen LogP contribution in [0.3, 0.4) is 0 Å². The van der Waals surface area contributed by atoms with Gasteiger partial charge in [0.05, 0.1) is 5.71 Å². The zero-order valence-corrected chi connectivity index (χ0v) is 10.8. The molecule has 1 aromatic carbocycles. The van der Waals surface area contributed by atoms with E-state index in [0.29, 0.717) is 5.33 Å². The van der Waals surface area contributed by atoms with Gasteiger partial charge in [0, 0.05) is 5.33 Å². The Bertz CT molecular complexity index is 427. The van der Waals surface area contributed by atoms with Crippen molar-refractivity contribution in [2.24, 2.45) is 21.7 Å². The van der Waals surface area contributed by atoms with E-state index in [-0.39, 0.29) is 5.96 Å². The standard InChI is InChI=1S/C9H11BrN4.HNO3/c10-6-8(13-14-9(11)12)7-4-2-1-3-5-7;2-1(3)4/h1-5H,6H2,(H4,11,12,14);(H,2,3,4)/b13-8+;. The van der Waals surface area contributed by atoms with Gasteiger partial charge in [-0.25, -0.2) is 0 Å². The third-order valence-electron chi connectivity index (χ3n) is 1.52. The lowest BCUT2D eigenvalue weighted by molar-refractivity contribution is -0.742. The Hall–Kier alpha value is -2.16. The van der Waals surface area contributed by atoms with Gasteiger partial charge in [-0.15, -0.1) is 15.2 Å². The lowest BCUT2D eigenvalue weighted by Crippen LogP contribution is -2.22. The Labute approximate surface area is 111 Å². The van der Waals surface area contributed by atoms with Crippen LogP contribution in [-0.4, -0.2) is 27.3 Å². The number of alkyl halides is 1. The van der Waals surface area contributed by atoms with E-state index in [9.17, 15) is 0 Å². The molecule has 0 heterocycles. The molecule has 0 unspecified atom stereocenters. The van der Waals surface area contributed by atoms with Crippen LogP contribution in [0.5, 0.6) is 0 Å². The summed E-state index contributed by atoms with van der Waals surface area (Å²) >= 11 is 3.32. The molecular weight excluding hydrogens is 306 g/mol. The Morgan fingerprint density at radius 2 is 1.83 bits per heavy atom. The van der Waals surface area contributed by atoms with Gasteiger partial charge in [-0.2, -0.15) is 5.10 Å². The van der Waals surface area contributed by atoms with Gasteiger partial charge in [-0.3, -0.25) is 0 Å². The lowest BCUT2D eigenvalue weighted by Gasteiger charge is -1.99. The van der Waals surface area contributed by atoms with Gasteiger partial charge in [-0.05, 0) is 5.56 Å². The molecule has 1 rings (SSSR count). The number of nitrogens with zero attached hydrogens (tertiary/aromatic N) is 3. The summed E-state index contributed by atoms with van der Waals surface area (Å²) in [6, 6.07) is 9.70. The van der Waals surface area contributed by atoms with Crippen LogP contribution in [0.25, 0.3) is 0 Å². The highest BCUT2D eigenvalue weighted by molar-refractivity contribution is 9.09. The van der Waals surface area contributed by atoms with Crippen LogP contribution < -0.4 is 11.5 Å². The molecule has 0 fully saturated rings. The number of benzene rings is 1. The van der Waals surface area contributed by atoms with E-state index in [1.165, 1.54) is 0 Å². The zero-order chi connectivity index (χ0) is 14.0. The normalized spacial score (nSPS) is 9.94. The third kappa shape index (κ3) is 8.05. The van der Waals surface area contributed by atoms with Gasteiger partial charge in [0.1, 0.15) is 0 Å². The summed E-state index contributed by atoms with van der Waals surface area (Å²) in [4.78, 5) is 8.36. The van der Waals surface area contributed by atoms with Gasteiger partial charge in [0.25, 0.3) is 5.09 Å². The van der Waals surface area contributed by atoms with E-state index in [2.05, 4.69) is 26.1 Å². The molecule has 0 radical (unpaired) electrons. The van der Waals surface area contributed by atoms with Gasteiger partial charge < -0.3 is 16.7 Å². The maximum Gasteiger partial charge on any atom is 0.291 e. The first kappa shape index (κ1) is 15.8. The highest BCUT2D eigenvalue weighted by Crippen LogP contribution is 2.03. The number of hydrogen-bond donors (Lipinski definition) is 3. The van der Waals surface area contributed by atoms with Gasteiger partial charge in [-0.1, -0.05) is 46.3 Å². The average Bonchev–Trinajstić information content (AvgIpc) is 2.30. The summed E-state index contributed by atoms with van der Waals surface area (Å²) in [5.41, 5.74) is 12.1. The Morgan fingerprint density at radius 1 is 1.33 bits per heavy atom. The number of guanidine groups is 1. The Kier molecular flexibility index (Phi) is 7.86. The Morgan fingerprint density at radius 3 is 2.22 bits per heavy atom. The molecule has 0 aliphatic rings. The van der Waals surface area contributed by atoms with Gasteiger partial charge in [0.15, 0.2) is 0 Å². The van der Waals surface area contributed by atoms with Crippen molar-refractivity contribution in [3.05, 3.63) is 46.0 Å². The third-order valence-corrected chi connectivity index (χ3v) is 2.05. The van der Waals surface area contributed by atoms with Crippen molar-refractivity contribution in [2.45, 2.75) is 0 Å². The molecule has 0 saturated heterocycles. The first-order valence-corrected chi connectivity index (χ1v) is 5.69. The van der Waals surface area contributed by atoms with Crippen molar-refractivity contribution >= 4 is 27.6 Å². The minimum atomic E-state index is -1.50. The molecule has 0 aliphatic heterocycles. The van der Waals surface area contributed by atoms with Crippen molar-refractivity contribution < 1.29 is 10.3 Å². The summed E-state index contributed by atoms with van der Waals surface area (Å²) in [5, 5.41) is 21.8. The minimum Gasteiger partial charge on any atom is -0.369 e. The number of rotatable bonds is 3. The predicted octanol–water partition coefficient (Wildman–Crippen LogP) is 0.711. The van der Waals surface area contributed by atoms with E-state index in [1.54, 1.807) is 0 Å². The molecule has 8 nitrogen and oxygen atoms in total. The molecule has 18 heavy (non-hydrogen) atoms. The molecule has 0 aromatic heterocycles. The van der Waals surface area contributed by atoms with Crippen LogP contribution in [0.1, 0.15) is 5.56 Å². The molecule has 9 heteroatoms. The van der Waals surface area contributed by atoms with Crippen LogP contribution >= 0.6 is 15.9 Å². The van der Waals surface area contributed by atoms with Crippen LogP contribution in [-0.2, 0) is 0 Å². The molecule has 0 saturated carbocycles. The van der Waals surface area contributed by atoms with Crippen LogP contribution in [0.15, 0.2) is 40.5 Å². The summed E-state index contributed by atoms with van der Waals surface area (Å²) in [6.07, 6.45) is 0. The molecule has 0 amide bonds. The monoisotopic (exact) mass is 317 g/mol. The largest absolute Gasteiger partial charge is 0.369 e. The molecule has 98 valence electrons. The highest BCUT2D eigenvalue weighted by Gasteiger charge is 1.99. The van der Waals surface area contributed by atoms with Crippen LogP contribution in [0.2, 0.25) is 0 Å². The van der Waals surface area contributed by atoms with Crippen molar-refractivity contribution in [3.8, 4) is 0 Å². The smallest absolute Gasteiger partial charge is 0.291 e. The molecule has 0 spiro atoms. The van der Waals surface area contributed by atoms with Crippen LogP contribution in [0, 0.1) is 10.1 Å². The highest BCUT2D eigenvalue weighted by atomic mass is 79.9. The second-order valence-corrected chi connectivity index (χ2v) is 3.37. The molecule has 5 N–H and O–H groups in total. The second kappa shape index (κ2) is 8.93. The quantitative estimate of drug-likeness (QED) is 0.247. The van der Waals surface area contributed by atoms with Crippen molar-refractivity contribution in [1.82, 2.24) is 0 Å².